The van der Waals surface area contributed by atoms with E-state index in [4.69, 9.17) is 10.5 Å². The molecule has 1 aliphatic rings. The first-order chi connectivity index (χ1) is 9.54. The van der Waals surface area contributed by atoms with Crippen molar-refractivity contribution in [2.24, 2.45) is 11.7 Å². The van der Waals surface area contributed by atoms with Gasteiger partial charge in [-0.1, -0.05) is 31.2 Å². The largest absolute Gasteiger partial charge is 0.370 e. The second-order valence-electron chi connectivity index (χ2n) is 5.65. The Hall–Kier alpha value is -1.39. The molecular formula is C16H24N2O2. The second kappa shape index (κ2) is 6.37. The molecule has 1 aromatic carbocycles. The Kier molecular flexibility index (Phi) is 4.78. The summed E-state index contributed by atoms with van der Waals surface area (Å²) in [6.07, 6.45) is -0.0404. The molecule has 4 nitrogen and oxygen atoms in total. The van der Waals surface area contributed by atoms with Crippen LogP contribution in [0.15, 0.2) is 24.3 Å². The van der Waals surface area contributed by atoms with Gasteiger partial charge in [-0.05, 0) is 25.0 Å². The van der Waals surface area contributed by atoms with E-state index in [2.05, 4.69) is 19.1 Å². The summed E-state index contributed by atoms with van der Waals surface area (Å²) in [6.45, 7) is 7.54. The van der Waals surface area contributed by atoms with Crippen molar-refractivity contribution in [2.75, 3.05) is 19.7 Å². The van der Waals surface area contributed by atoms with E-state index < -0.39 is 0 Å². The summed E-state index contributed by atoms with van der Waals surface area (Å²) < 4.78 is 5.93. The normalized spacial score (nSPS) is 24.5. The van der Waals surface area contributed by atoms with Crippen LogP contribution < -0.4 is 5.73 Å². The lowest BCUT2D eigenvalue weighted by Gasteiger charge is -2.39. The predicted molar refractivity (Wildman–Crippen MR) is 79.3 cm³/mol. The highest BCUT2D eigenvalue weighted by atomic mass is 16.5. The van der Waals surface area contributed by atoms with Gasteiger partial charge in [-0.25, -0.2) is 0 Å². The minimum absolute atomic E-state index is 0.0404. The van der Waals surface area contributed by atoms with Crippen LogP contribution in [-0.4, -0.2) is 36.5 Å². The van der Waals surface area contributed by atoms with Gasteiger partial charge < -0.3 is 15.4 Å². The average molecular weight is 276 g/mol. The van der Waals surface area contributed by atoms with Crippen molar-refractivity contribution in [3.63, 3.8) is 0 Å². The van der Waals surface area contributed by atoms with Crippen LogP contribution in [-0.2, 0) is 9.53 Å². The van der Waals surface area contributed by atoms with E-state index >= 15 is 0 Å². The van der Waals surface area contributed by atoms with Crippen molar-refractivity contribution in [1.29, 1.82) is 0 Å². The number of carbonyl (C=O) groups excluding carboxylic acids is 1. The van der Waals surface area contributed by atoms with Gasteiger partial charge in [-0.2, -0.15) is 0 Å². The van der Waals surface area contributed by atoms with E-state index in [1.807, 2.05) is 30.9 Å². The average Bonchev–Trinajstić information content (AvgIpc) is 2.47. The van der Waals surface area contributed by atoms with Crippen molar-refractivity contribution >= 4 is 5.91 Å². The number of ether oxygens (including phenoxy) is 1. The molecule has 20 heavy (non-hydrogen) atoms. The number of hydrogen-bond donors (Lipinski definition) is 1. The van der Waals surface area contributed by atoms with E-state index in [0.29, 0.717) is 19.7 Å². The fourth-order valence-electron chi connectivity index (χ4n) is 2.58. The number of nitrogens with two attached hydrogens (primary N) is 1. The smallest absolute Gasteiger partial charge is 0.227 e. The standard InChI is InChI=1S/C16H24N2O2/c1-11-6-4-5-7-14(11)15-9-18(13(3)10-20-15)16(19)12(2)8-17/h4-7,12-13,15H,8-10,17H2,1-3H3. The number of aryl methyl sites for hydroxylation is 1. The lowest BCUT2D eigenvalue weighted by atomic mass is 10.00. The molecular weight excluding hydrogens is 252 g/mol. The van der Waals surface area contributed by atoms with Crippen molar-refractivity contribution in [2.45, 2.75) is 32.9 Å². The zero-order chi connectivity index (χ0) is 14.7. The highest BCUT2D eigenvalue weighted by molar-refractivity contribution is 5.79. The van der Waals surface area contributed by atoms with Crippen LogP contribution in [0.4, 0.5) is 0 Å². The molecule has 1 aromatic rings. The second-order valence-corrected chi connectivity index (χ2v) is 5.65. The fourth-order valence-corrected chi connectivity index (χ4v) is 2.58. The third-order valence-corrected chi connectivity index (χ3v) is 4.03. The Morgan fingerprint density at radius 1 is 1.50 bits per heavy atom. The maximum atomic E-state index is 12.4. The lowest BCUT2D eigenvalue weighted by Crippen LogP contribution is -2.50. The highest BCUT2D eigenvalue weighted by Crippen LogP contribution is 2.27. The first-order valence-corrected chi connectivity index (χ1v) is 7.22. The molecule has 1 amide bonds. The van der Waals surface area contributed by atoms with Gasteiger partial charge >= 0.3 is 0 Å². The third-order valence-electron chi connectivity index (χ3n) is 4.03. The van der Waals surface area contributed by atoms with Crippen molar-refractivity contribution in [3.05, 3.63) is 35.4 Å². The van der Waals surface area contributed by atoms with E-state index in [1.54, 1.807) is 0 Å². The van der Waals surface area contributed by atoms with Crippen LogP contribution in [0.1, 0.15) is 31.1 Å². The number of hydrogen-bond acceptors (Lipinski definition) is 3. The van der Waals surface area contributed by atoms with Gasteiger partial charge in [-0.15, -0.1) is 0 Å². The summed E-state index contributed by atoms with van der Waals surface area (Å²) >= 11 is 0. The Balaban J connectivity index is 2.16. The van der Waals surface area contributed by atoms with Crippen molar-refractivity contribution < 1.29 is 9.53 Å². The number of rotatable bonds is 3. The number of morpholine rings is 1. The van der Waals surface area contributed by atoms with Crippen LogP contribution in [0.25, 0.3) is 0 Å². The van der Waals surface area contributed by atoms with Gasteiger partial charge in [0.1, 0.15) is 6.10 Å². The predicted octanol–water partition coefficient (Wildman–Crippen LogP) is 1.88. The van der Waals surface area contributed by atoms with Crippen LogP contribution >= 0.6 is 0 Å². The van der Waals surface area contributed by atoms with Gasteiger partial charge in [0.2, 0.25) is 5.91 Å². The summed E-state index contributed by atoms with van der Waals surface area (Å²) in [4.78, 5) is 14.3. The SMILES string of the molecule is Cc1ccccc1C1CN(C(=O)C(C)CN)C(C)CO1. The summed E-state index contributed by atoms with van der Waals surface area (Å²) in [5.74, 6) is -0.00467. The maximum absolute atomic E-state index is 12.4. The van der Waals surface area contributed by atoms with E-state index in [9.17, 15) is 4.79 Å². The zero-order valence-corrected chi connectivity index (χ0v) is 12.5. The highest BCUT2D eigenvalue weighted by Gasteiger charge is 2.32. The minimum Gasteiger partial charge on any atom is -0.370 e. The molecule has 3 atom stereocenters. The molecule has 110 valence electrons. The van der Waals surface area contributed by atoms with E-state index in [-0.39, 0.29) is 24.0 Å². The first kappa shape index (κ1) is 15.0. The molecule has 2 rings (SSSR count). The molecule has 1 aliphatic heterocycles. The lowest BCUT2D eigenvalue weighted by molar-refractivity contribution is -0.148. The monoisotopic (exact) mass is 276 g/mol. The fraction of sp³-hybridized carbons (Fsp3) is 0.562. The molecule has 1 saturated heterocycles. The molecule has 2 N–H and O–H groups in total. The molecule has 0 radical (unpaired) electrons. The Labute approximate surface area is 120 Å². The quantitative estimate of drug-likeness (QED) is 0.917. The van der Waals surface area contributed by atoms with Crippen LogP contribution in [0.2, 0.25) is 0 Å². The van der Waals surface area contributed by atoms with Crippen LogP contribution in [0.5, 0.6) is 0 Å². The van der Waals surface area contributed by atoms with Crippen molar-refractivity contribution in [1.82, 2.24) is 4.90 Å². The summed E-state index contributed by atoms with van der Waals surface area (Å²) in [5, 5.41) is 0. The Morgan fingerprint density at radius 2 is 2.20 bits per heavy atom. The molecule has 1 fully saturated rings. The summed E-state index contributed by atoms with van der Waals surface area (Å²) in [7, 11) is 0. The van der Waals surface area contributed by atoms with Gasteiger partial charge in [0.15, 0.2) is 0 Å². The minimum atomic E-state index is -0.131. The molecule has 0 aliphatic carbocycles. The summed E-state index contributed by atoms with van der Waals surface area (Å²) in [6, 6.07) is 8.29. The topological polar surface area (TPSA) is 55.6 Å². The van der Waals surface area contributed by atoms with Gasteiger partial charge in [-0.3, -0.25) is 4.79 Å². The number of benzene rings is 1. The summed E-state index contributed by atoms with van der Waals surface area (Å²) in [5.41, 5.74) is 7.98. The molecule has 0 aromatic heterocycles. The van der Waals surface area contributed by atoms with Crippen LogP contribution in [0.3, 0.4) is 0 Å². The first-order valence-electron chi connectivity index (χ1n) is 7.22. The molecule has 0 saturated carbocycles. The molecule has 0 bridgehead atoms. The molecule has 4 heteroatoms. The Bertz CT molecular complexity index is 475. The van der Waals surface area contributed by atoms with Gasteiger partial charge in [0.05, 0.1) is 19.2 Å². The maximum Gasteiger partial charge on any atom is 0.227 e. The third kappa shape index (κ3) is 3.02. The molecule has 0 spiro atoms. The van der Waals surface area contributed by atoms with Gasteiger partial charge in [0.25, 0.3) is 0 Å². The van der Waals surface area contributed by atoms with E-state index in [0.717, 1.165) is 5.56 Å². The van der Waals surface area contributed by atoms with Crippen molar-refractivity contribution in [3.8, 4) is 0 Å². The zero-order valence-electron chi connectivity index (χ0n) is 12.5. The number of carbonyl (C=O) groups is 1. The Morgan fingerprint density at radius 3 is 2.85 bits per heavy atom. The number of nitrogens with zero attached hydrogens (tertiary/aromatic N) is 1. The van der Waals surface area contributed by atoms with E-state index in [1.165, 1.54) is 5.56 Å². The van der Waals surface area contributed by atoms with Gasteiger partial charge in [0, 0.05) is 12.5 Å². The molecule has 1 heterocycles. The molecule has 3 unspecified atom stereocenters. The van der Waals surface area contributed by atoms with Crippen LogP contribution in [0, 0.1) is 12.8 Å². The number of amides is 1.